The van der Waals surface area contributed by atoms with Crippen molar-refractivity contribution in [3.05, 3.63) is 59.7 Å². The summed E-state index contributed by atoms with van der Waals surface area (Å²) in [5, 5.41) is 2.71. The summed E-state index contributed by atoms with van der Waals surface area (Å²) in [4.78, 5) is 11.8. The van der Waals surface area contributed by atoms with Gasteiger partial charge in [-0.3, -0.25) is 5.32 Å². The lowest BCUT2D eigenvalue weighted by Gasteiger charge is -2.19. The molecule has 0 spiro atoms. The van der Waals surface area contributed by atoms with Crippen LogP contribution in [0.15, 0.2) is 48.5 Å². The molecule has 2 aromatic carbocycles. The van der Waals surface area contributed by atoms with Crippen LogP contribution in [0.4, 0.5) is 10.5 Å². The third-order valence-electron chi connectivity index (χ3n) is 4.49. The number of anilines is 1. The number of benzene rings is 2. The quantitative estimate of drug-likeness (QED) is 0.331. The van der Waals surface area contributed by atoms with Crippen molar-refractivity contribution in [2.45, 2.75) is 58.8 Å². The Kier molecular flexibility index (Phi) is 10.3. The van der Waals surface area contributed by atoms with Gasteiger partial charge in [-0.2, -0.15) is 8.42 Å². The first-order chi connectivity index (χ1) is 15.9. The van der Waals surface area contributed by atoms with E-state index in [2.05, 4.69) is 5.32 Å². The van der Waals surface area contributed by atoms with E-state index in [0.717, 1.165) is 23.1 Å². The van der Waals surface area contributed by atoms with Crippen molar-refractivity contribution in [1.29, 1.82) is 0 Å². The minimum atomic E-state index is -3.57. The lowest BCUT2D eigenvalue weighted by atomic mass is 10.1. The molecule has 1 unspecified atom stereocenters. The molecule has 0 saturated heterocycles. The molecular formula is C25H35NO7S. The van der Waals surface area contributed by atoms with E-state index in [0.29, 0.717) is 38.2 Å². The molecule has 0 heterocycles. The molecule has 1 amide bonds. The Morgan fingerprint density at radius 2 is 1.56 bits per heavy atom. The summed E-state index contributed by atoms with van der Waals surface area (Å²) in [7, 11) is -3.57. The number of nitrogens with one attached hydrogen (secondary N) is 1. The number of aryl methyl sites for hydroxylation is 1. The van der Waals surface area contributed by atoms with Crippen molar-refractivity contribution < 1.29 is 31.6 Å². The van der Waals surface area contributed by atoms with Crippen LogP contribution in [-0.2, 0) is 36.6 Å². The fourth-order valence-electron chi connectivity index (χ4n) is 3.04. The third-order valence-corrected chi connectivity index (χ3v) is 5.05. The van der Waals surface area contributed by atoms with E-state index in [1.54, 1.807) is 6.92 Å². The van der Waals surface area contributed by atoms with Crippen molar-refractivity contribution >= 4 is 21.9 Å². The molecule has 0 aliphatic carbocycles. The SMILES string of the molecule is CCOC(CCc1ccc(OCCc2ccc(NC(=O)OC(C)(C)C)cc2)cc1)OS(C)(=O)=O. The Bertz CT molecular complexity index is 997. The summed E-state index contributed by atoms with van der Waals surface area (Å²) < 4.78 is 44.1. The topological polar surface area (TPSA) is 100 Å². The van der Waals surface area contributed by atoms with Gasteiger partial charge in [0.2, 0.25) is 0 Å². The zero-order valence-corrected chi connectivity index (χ0v) is 21.3. The van der Waals surface area contributed by atoms with Crippen LogP contribution in [0, 0.1) is 0 Å². The fraction of sp³-hybridized carbons (Fsp3) is 0.480. The van der Waals surface area contributed by atoms with Gasteiger partial charge in [-0.15, -0.1) is 0 Å². The van der Waals surface area contributed by atoms with Crippen molar-refractivity contribution in [1.82, 2.24) is 0 Å². The highest BCUT2D eigenvalue weighted by molar-refractivity contribution is 7.86. The summed E-state index contributed by atoms with van der Waals surface area (Å²) in [6.45, 7) is 8.12. The molecule has 0 radical (unpaired) electrons. The lowest BCUT2D eigenvalue weighted by molar-refractivity contribution is -0.0749. The van der Waals surface area contributed by atoms with Gasteiger partial charge in [0.1, 0.15) is 11.4 Å². The average Bonchev–Trinajstić information content (AvgIpc) is 2.72. The summed E-state index contributed by atoms with van der Waals surface area (Å²) in [6, 6.07) is 15.2. The van der Waals surface area contributed by atoms with Gasteiger partial charge in [-0.05, 0) is 69.5 Å². The van der Waals surface area contributed by atoms with E-state index in [9.17, 15) is 13.2 Å². The Labute approximate surface area is 202 Å². The number of ether oxygens (including phenoxy) is 3. The molecule has 0 fully saturated rings. The molecule has 8 nitrogen and oxygen atoms in total. The van der Waals surface area contributed by atoms with Gasteiger partial charge in [0.05, 0.1) is 12.9 Å². The van der Waals surface area contributed by atoms with Crippen molar-refractivity contribution in [3.8, 4) is 5.75 Å². The molecular weight excluding hydrogens is 458 g/mol. The zero-order chi connectivity index (χ0) is 25.2. The number of hydrogen-bond acceptors (Lipinski definition) is 7. The molecule has 9 heteroatoms. The van der Waals surface area contributed by atoms with Crippen LogP contribution >= 0.6 is 0 Å². The van der Waals surface area contributed by atoms with E-state index in [4.69, 9.17) is 18.4 Å². The second-order valence-electron chi connectivity index (χ2n) is 8.79. The Morgan fingerprint density at radius 1 is 0.971 bits per heavy atom. The average molecular weight is 494 g/mol. The van der Waals surface area contributed by atoms with Crippen LogP contribution in [0.25, 0.3) is 0 Å². The Morgan fingerprint density at radius 3 is 2.12 bits per heavy atom. The largest absolute Gasteiger partial charge is 0.493 e. The second-order valence-corrected chi connectivity index (χ2v) is 10.4. The van der Waals surface area contributed by atoms with Gasteiger partial charge in [-0.25, -0.2) is 8.98 Å². The highest BCUT2D eigenvalue weighted by Gasteiger charge is 2.16. The van der Waals surface area contributed by atoms with Gasteiger partial charge >= 0.3 is 6.09 Å². The molecule has 0 aliphatic rings. The highest BCUT2D eigenvalue weighted by atomic mass is 32.2. The van der Waals surface area contributed by atoms with Gasteiger partial charge < -0.3 is 14.2 Å². The van der Waals surface area contributed by atoms with Crippen molar-refractivity contribution in [3.63, 3.8) is 0 Å². The third kappa shape index (κ3) is 11.5. The maximum atomic E-state index is 11.8. The summed E-state index contributed by atoms with van der Waals surface area (Å²) in [6.07, 6.45) is 1.50. The van der Waals surface area contributed by atoms with E-state index in [-0.39, 0.29) is 0 Å². The van der Waals surface area contributed by atoms with Crippen LogP contribution in [0.1, 0.15) is 45.2 Å². The minimum absolute atomic E-state index is 0.371. The number of carbonyl (C=O) groups excluding carboxylic acids is 1. The first-order valence-corrected chi connectivity index (χ1v) is 13.1. The van der Waals surface area contributed by atoms with E-state index >= 15 is 0 Å². The molecule has 0 saturated carbocycles. The first kappa shape index (κ1) is 27.6. The summed E-state index contributed by atoms with van der Waals surface area (Å²) in [5.41, 5.74) is 2.24. The van der Waals surface area contributed by atoms with Gasteiger partial charge in [-0.1, -0.05) is 24.3 Å². The van der Waals surface area contributed by atoms with Crippen LogP contribution in [0.2, 0.25) is 0 Å². The van der Waals surface area contributed by atoms with Crippen LogP contribution < -0.4 is 10.1 Å². The minimum Gasteiger partial charge on any atom is -0.493 e. The smallest absolute Gasteiger partial charge is 0.412 e. The monoisotopic (exact) mass is 493 g/mol. The zero-order valence-electron chi connectivity index (χ0n) is 20.5. The molecule has 2 rings (SSSR count). The highest BCUT2D eigenvalue weighted by Crippen LogP contribution is 2.17. The van der Waals surface area contributed by atoms with E-state index < -0.39 is 28.1 Å². The van der Waals surface area contributed by atoms with Crippen molar-refractivity contribution in [2.75, 3.05) is 24.8 Å². The maximum absolute atomic E-state index is 11.8. The Balaban J connectivity index is 1.76. The molecule has 2 aromatic rings. The van der Waals surface area contributed by atoms with E-state index in [1.807, 2.05) is 69.3 Å². The fourth-order valence-corrected chi connectivity index (χ4v) is 3.58. The number of hydrogen-bond donors (Lipinski definition) is 1. The first-order valence-electron chi connectivity index (χ1n) is 11.2. The van der Waals surface area contributed by atoms with Gasteiger partial charge in [0, 0.05) is 25.1 Å². The standard InChI is InChI=1S/C25H35NO7S/c1-6-30-23(33-34(5,28)29)16-11-19-9-14-22(15-10-19)31-18-17-20-7-12-21(13-8-20)26-24(27)32-25(2,3)4/h7-10,12-15,23H,6,11,16-18H2,1-5H3,(H,26,27). The predicted molar refractivity (Wildman–Crippen MR) is 132 cm³/mol. The lowest BCUT2D eigenvalue weighted by Crippen LogP contribution is -2.27. The molecule has 188 valence electrons. The number of carbonyl (C=O) groups is 1. The predicted octanol–water partition coefficient (Wildman–Crippen LogP) is 4.93. The van der Waals surface area contributed by atoms with Gasteiger partial charge in [0.25, 0.3) is 10.1 Å². The Hall–Kier alpha value is -2.62. The molecule has 0 bridgehead atoms. The molecule has 0 aliphatic heterocycles. The van der Waals surface area contributed by atoms with E-state index in [1.165, 1.54) is 0 Å². The van der Waals surface area contributed by atoms with Crippen molar-refractivity contribution in [2.24, 2.45) is 0 Å². The number of amides is 1. The van der Waals surface area contributed by atoms with Crippen LogP contribution in [-0.4, -0.2) is 45.9 Å². The maximum Gasteiger partial charge on any atom is 0.412 e. The van der Waals surface area contributed by atoms with Crippen LogP contribution in [0.3, 0.4) is 0 Å². The van der Waals surface area contributed by atoms with Crippen LogP contribution in [0.5, 0.6) is 5.75 Å². The molecule has 1 atom stereocenters. The molecule has 1 N–H and O–H groups in total. The summed E-state index contributed by atoms with van der Waals surface area (Å²) in [5.74, 6) is 0.751. The molecule has 0 aromatic heterocycles. The summed E-state index contributed by atoms with van der Waals surface area (Å²) >= 11 is 0. The normalized spacial score (nSPS) is 12.7. The second kappa shape index (κ2) is 12.7. The number of rotatable bonds is 12. The van der Waals surface area contributed by atoms with Gasteiger partial charge in [0.15, 0.2) is 6.29 Å². The molecule has 34 heavy (non-hydrogen) atoms.